The zero-order valence-electron chi connectivity index (χ0n) is 17.1. The number of carbonyl (C=O) groups is 2. The van der Waals surface area contributed by atoms with Crippen LogP contribution in [-0.2, 0) is 14.3 Å². The van der Waals surface area contributed by atoms with E-state index in [1.165, 1.54) is 4.90 Å². The number of carbonyl (C=O) groups excluding carboxylic acids is 2. The molecule has 0 bridgehead atoms. The summed E-state index contributed by atoms with van der Waals surface area (Å²) < 4.78 is 10.9. The first-order valence-corrected chi connectivity index (χ1v) is 10.1. The van der Waals surface area contributed by atoms with Crippen molar-refractivity contribution in [3.05, 3.63) is 70.8 Å². The Balaban J connectivity index is 1.82. The lowest BCUT2D eigenvalue weighted by atomic mass is 9.94. The van der Waals surface area contributed by atoms with Gasteiger partial charge in [-0.25, -0.2) is 0 Å². The van der Waals surface area contributed by atoms with Crippen LogP contribution in [0.4, 0.5) is 0 Å². The number of ketones is 1. The summed E-state index contributed by atoms with van der Waals surface area (Å²) in [5, 5.41) is 11.2. The lowest BCUT2D eigenvalue weighted by Crippen LogP contribution is -2.36. The lowest BCUT2D eigenvalue weighted by molar-refractivity contribution is -0.140. The highest BCUT2D eigenvalue weighted by Crippen LogP contribution is 2.40. The second kappa shape index (κ2) is 8.32. The average molecular weight is 407 g/mol. The summed E-state index contributed by atoms with van der Waals surface area (Å²) in [5.41, 5.74) is 2.15. The first-order valence-electron chi connectivity index (χ1n) is 10.1. The number of benzene rings is 2. The van der Waals surface area contributed by atoms with E-state index in [4.69, 9.17) is 9.47 Å². The minimum Gasteiger partial charge on any atom is -0.507 e. The van der Waals surface area contributed by atoms with Crippen molar-refractivity contribution in [1.82, 2.24) is 4.90 Å². The van der Waals surface area contributed by atoms with E-state index in [2.05, 4.69) is 0 Å². The highest BCUT2D eigenvalue weighted by Gasteiger charge is 2.47. The van der Waals surface area contributed by atoms with Gasteiger partial charge in [-0.15, -0.1) is 0 Å². The summed E-state index contributed by atoms with van der Waals surface area (Å²) in [6.45, 7) is 2.82. The molecule has 2 heterocycles. The second-order valence-corrected chi connectivity index (χ2v) is 7.68. The van der Waals surface area contributed by atoms with E-state index >= 15 is 0 Å². The number of aliphatic hydroxyl groups is 1. The molecule has 0 aromatic heterocycles. The molecule has 6 nitrogen and oxygen atoms in total. The Morgan fingerprint density at radius 2 is 1.97 bits per heavy atom. The third kappa shape index (κ3) is 3.59. The molecule has 156 valence electrons. The van der Waals surface area contributed by atoms with Crippen LogP contribution in [0.1, 0.15) is 35.6 Å². The Labute approximate surface area is 175 Å². The van der Waals surface area contributed by atoms with E-state index in [-0.39, 0.29) is 17.4 Å². The van der Waals surface area contributed by atoms with Crippen LogP contribution < -0.4 is 4.74 Å². The quantitative estimate of drug-likeness (QED) is 0.466. The van der Waals surface area contributed by atoms with Crippen LogP contribution in [0.3, 0.4) is 0 Å². The van der Waals surface area contributed by atoms with Crippen LogP contribution in [-0.4, -0.2) is 48.1 Å². The number of aliphatic hydroxyl groups excluding tert-OH is 1. The zero-order valence-corrected chi connectivity index (χ0v) is 17.1. The molecule has 2 fully saturated rings. The maximum atomic E-state index is 13.0. The number of Topliss-reactive ketones (excluding diaryl/α,β-unsaturated/α-hetero) is 1. The van der Waals surface area contributed by atoms with Crippen molar-refractivity contribution in [3.63, 3.8) is 0 Å². The van der Waals surface area contributed by atoms with Gasteiger partial charge in [-0.2, -0.15) is 0 Å². The van der Waals surface area contributed by atoms with E-state index < -0.39 is 17.7 Å². The molecule has 2 aromatic rings. The summed E-state index contributed by atoms with van der Waals surface area (Å²) in [7, 11) is 1.57. The molecular weight excluding hydrogens is 382 g/mol. The standard InChI is InChI=1S/C24H25NO5/c1-15-13-17(29-2)10-11-19(15)22(26)20-21(16-7-4-3-5-8-16)25(24(28)23(20)27)14-18-9-6-12-30-18/h3-5,7-8,10-11,13,18,21,26H,6,9,12,14H2,1-2H3/b22-20-. The molecule has 2 aromatic carbocycles. The van der Waals surface area contributed by atoms with E-state index in [0.29, 0.717) is 24.5 Å². The third-order valence-electron chi connectivity index (χ3n) is 5.77. The summed E-state index contributed by atoms with van der Waals surface area (Å²) in [6.07, 6.45) is 1.69. The van der Waals surface area contributed by atoms with Crippen molar-refractivity contribution < 1.29 is 24.2 Å². The Hall–Kier alpha value is -3.12. The van der Waals surface area contributed by atoms with Gasteiger partial charge in [0.1, 0.15) is 11.5 Å². The Kier molecular flexibility index (Phi) is 5.59. The number of amides is 1. The molecule has 0 aliphatic carbocycles. The first kappa shape index (κ1) is 20.2. The van der Waals surface area contributed by atoms with Gasteiger partial charge >= 0.3 is 0 Å². The number of likely N-dealkylation sites (tertiary alicyclic amines) is 1. The molecule has 0 spiro atoms. The Bertz CT molecular complexity index is 992. The number of rotatable bonds is 5. The van der Waals surface area contributed by atoms with Gasteiger partial charge in [0.25, 0.3) is 11.7 Å². The minimum absolute atomic E-state index is 0.0998. The molecule has 2 atom stereocenters. The molecule has 0 radical (unpaired) electrons. The SMILES string of the molecule is COc1ccc(/C(O)=C2/C(=O)C(=O)N(CC3CCCO3)C2c2ccccc2)c(C)c1. The van der Waals surface area contributed by atoms with Crippen LogP contribution in [0, 0.1) is 6.92 Å². The molecule has 4 rings (SSSR count). The van der Waals surface area contributed by atoms with Gasteiger partial charge in [0.15, 0.2) is 0 Å². The number of ether oxygens (including phenoxy) is 2. The van der Waals surface area contributed by atoms with Gasteiger partial charge < -0.3 is 19.5 Å². The Morgan fingerprint density at radius 1 is 1.20 bits per heavy atom. The van der Waals surface area contributed by atoms with Gasteiger partial charge in [-0.05, 0) is 49.1 Å². The van der Waals surface area contributed by atoms with Crippen molar-refractivity contribution in [2.75, 3.05) is 20.3 Å². The molecule has 1 amide bonds. The van der Waals surface area contributed by atoms with Crippen molar-refractivity contribution in [1.29, 1.82) is 0 Å². The van der Waals surface area contributed by atoms with Crippen LogP contribution in [0.25, 0.3) is 5.76 Å². The highest BCUT2D eigenvalue weighted by atomic mass is 16.5. The number of methoxy groups -OCH3 is 1. The monoisotopic (exact) mass is 407 g/mol. The fourth-order valence-electron chi connectivity index (χ4n) is 4.23. The van der Waals surface area contributed by atoms with Crippen LogP contribution >= 0.6 is 0 Å². The molecule has 2 saturated heterocycles. The Morgan fingerprint density at radius 3 is 2.60 bits per heavy atom. The van der Waals surface area contributed by atoms with E-state index in [1.54, 1.807) is 25.3 Å². The predicted molar refractivity (Wildman–Crippen MR) is 112 cm³/mol. The van der Waals surface area contributed by atoms with E-state index in [0.717, 1.165) is 24.0 Å². The maximum Gasteiger partial charge on any atom is 0.295 e. The highest BCUT2D eigenvalue weighted by molar-refractivity contribution is 6.46. The van der Waals surface area contributed by atoms with E-state index in [9.17, 15) is 14.7 Å². The number of nitrogens with zero attached hydrogens (tertiary/aromatic N) is 1. The fraction of sp³-hybridized carbons (Fsp3) is 0.333. The van der Waals surface area contributed by atoms with Gasteiger partial charge in [0.2, 0.25) is 0 Å². The van der Waals surface area contributed by atoms with Crippen molar-refractivity contribution in [3.8, 4) is 5.75 Å². The fourth-order valence-corrected chi connectivity index (χ4v) is 4.23. The third-order valence-corrected chi connectivity index (χ3v) is 5.77. The molecule has 0 saturated carbocycles. The molecule has 2 unspecified atom stereocenters. The van der Waals surface area contributed by atoms with Gasteiger partial charge in [0.05, 0.1) is 24.8 Å². The normalized spacial score (nSPS) is 23.2. The number of aryl methyl sites for hydroxylation is 1. The summed E-state index contributed by atoms with van der Waals surface area (Å²) in [6, 6.07) is 13.9. The van der Waals surface area contributed by atoms with Crippen LogP contribution in [0.5, 0.6) is 5.75 Å². The molecule has 2 aliphatic heterocycles. The molecule has 30 heavy (non-hydrogen) atoms. The average Bonchev–Trinajstić information content (AvgIpc) is 3.36. The van der Waals surface area contributed by atoms with Gasteiger partial charge in [0, 0.05) is 18.7 Å². The molecule has 2 aliphatic rings. The van der Waals surface area contributed by atoms with Crippen molar-refractivity contribution in [2.24, 2.45) is 0 Å². The molecular formula is C24H25NO5. The topological polar surface area (TPSA) is 76.1 Å². The minimum atomic E-state index is -0.672. The smallest absolute Gasteiger partial charge is 0.295 e. The zero-order chi connectivity index (χ0) is 21.3. The summed E-state index contributed by atoms with van der Waals surface area (Å²) in [5.74, 6) is -0.790. The molecule has 1 N–H and O–H groups in total. The van der Waals surface area contributed by atoms with Gasteiger partial charge in [-0.3, -0.25) is 9.59 Å². The van der Waals surface area contributed by atoms with Crippen LogP contribution in [0.2, 0.25) is 0 Å². The number of hydrogen-bond donors (Lipinski definition) is 1. The van der Waals surface area contributed by atoms with Gasteiger partial charge in [-0.1, -0.05) is 30.3 Å². The lowest BCUT2D eigenvalue weighted by Gasteiger charge is -2.27. The largest absolute Gasteiger partial charge is 0.507 e. The summed E-state index contributed by atoms with van der Waals surface area (Å²) >= 11 is 0. The second-order valence-electron chi connectivity index (χ2n) is 7.68. The first-order chi connectivity index (χ1) is 14.5. The van der Waals surface area contributed by atoms with Crippen molar-refractivity contribution in [2.45, 2.75) is 31.9 Å². The molecule has 6 heteroatoms. The maximum absolute atomic E-state index is 13.0. The summed E-state index contributed by atoms with van der Waals surface area (Å²) in [4.78, 5) is 27.6. The van der Waals surface area contributed by atoms with E-state index in [1.807, 2.05) is 37.3 Å². The predicted octanol–water partition coefficient (Wildman–Crippen LogP) is 3.60. The van der Waals surface area contributed by atoms with Crippen LogP contribution in [0.15, 0.2) is 54.1 Å². The number of hydrogen-bond acceptors (Lipinski definition) is 5. The van der Waals surface area contributed by atoms with Crippen molar-refractivity contribution >= 4 is 17.4 Å².